The monoisotopic (exact) mass is 299 g/mol. The summed E-state index contributed by atoms with van der Waals surface area (Å²) in [6.07, 6.45) is -1.00. The van der Waals surface area contributed by atoms with E-state index >= 15 is 0 Å². The fourth-order valence-electron chi connectivity index (χ4n) is 1.75. The molecular weight excluding hydrogens is 288 g/mol. The van der Waals surface area contributed by atoms with Crippen molar-refractivity contribution in [1.29, 1.82) is 0 Å². The highest BCUT2D eigenvalue weighted by atomic mass is 35.5. The van der Waals surface area contributed by atoms with Gasteiger partial charge in [0.1, 0.15) is 6.23 Å². The Balaban J connectivity index is 2.43. The molecule has 0 fully saturated rings. The minimum Gasteiger partial charge on any atom is -0.373 e. The largest absolute Gasteiger partial charge is 0.373 e. The van der Waals surface area contributed by atoms with Crippen LogP contribution in [0.3, 0.4) is 0 Å². The van der Waals surface area contributed by atoms with E-state index in [1.54, 1.807) is 36.4 Å². The van der Waals surface area contributed by atoms with Crippen molar-refractivity contribution in [3.8, 4) is 11.1 Å². The Bertz CT molecular complexity index is 577. The molecule has 2 nitrogen and oxygen atoms in total. The quantitative estimate of drug-likeness (QED) is 0.657. The van der Waals surface area contributed by atoms with Gasteiger partial charge in [0.2, 0.25) is 0 Å². The van der Waals surface area contributed by atoms with Gasteiger partial charge in [0.15, 0.2) is 5.82 Å². The molecule has 2 N–H and O–H groups in total. The lowest BCUT2D eigenvalue weighted by atomic mass is 10.0. The summed E-state index contributed by atoms with van der Waals surface area (Å²) in [5.74, 6) is -0.504. The summed E-state index contributed by atoms with van der Waals surface area (Å²) in [6, 6.07) is 11.9. The van der Waals surface area contributed by atoms with E-state index in [0.29, 0.717) is 16.1 Å². The summed E-state index contributed by atoms with van der Waals surface area (Å²) >= 11 is 11.5. The Kier molecular flexibility index (Phi) is 4.64. The molecule has 0 spiro atoms. The zero-order valence-corrected chi connectivity index (χ0v) is 11.4. The van der Waals surface area contributed by atoms with Gasteiger partial charge in [-0.2, -0.15) is 0 Å². The van der Waals surface area contributed by atoms with E-state index < -0.39 is 12.0 Å². The van der Waals surface area contributed by atoms with Crippen LogP contribution in [0.25, 0.3) is 11.1 Å². The minimum atomic E-state index is -1.00. The van der Waals surface area contributed by atoms with Crippen molar-refractivity contribution < 1.29 is 9.50 Å². The van der Waals surface area contributed by atoms with Gasteiger partial charge in [-0.15, -0.1) is 11.6 Å². The van der Waals surface area contributed by atoms with Gasteiger partial charge in [-0.1, -0.05) is 41.9 Å². The van der Waals surface area contributed by atoms with Crippen LogP contribution in [-0.2, 0) is 0 Å². The summed E-state index contributed by atoms with van der Waals surface area (Å²) in [6.45, 7) is 0. The lowest BCUT2D eigenvalue weighted by Gasteiger charge is -2.14. The molecule has 0 aliphatic rings. The molecule has 0 aromatic heterocycles. The Morgan fingerprint density at radius 1 is 1.11 bits per heavy atom. The molecule has 100 valence electrons. The van der Waals surface area contributed by atoms with Crippen molar-refractivity contribution in [2.75, 3.05) is 11.2 Å². The van der Waals surface area contributed by atoms with Crippen LogP contribution in [0.1, 0.15) is 0 Å². The summed E-state index contributed by atoms with van der Waals surface area (Å²) < 4.78 is 14.4. The summed E-state index contributed by atoms with van der Waals surface area (Å²) in [4.78, 5) is 0. The third kappa shape index (κ3) is 3.18. The molecule has 1 unspecified atom stereocenters. The summed E-state index contributed by atoms with van der Waals surface area (Å²) in [7, 11) is 0. The molecule has 5 heteroatoms. The Labute approximate surface area is 120 Å². The van der Waals surface area contributed by atoms with Crippen LogP contribution in [0.5, 0.6) is 0 Å². The first-order valence-electron chi connectivity index (χ1n) is 5.67. The molecule has 0 radical (unpaired) electrons. The number of alkyl halides is 1. The van der Waals surface area contributed by atoms with Crippen LogP contribution >= 0.6 is 23.2 Å². The molecule has 0 saturated heterocycles. The average Bonchev–Trinajstić information content (AvgIpc) is 2.42. The highest BCUT2D eigenvalue weighted by molar-refractivity contribution is 6.33. The SMILES string of the molecule is OC(CCl)Nc1cccc(-c2ccccc2Cl)c1F. The Morgan fingerprint density at radius 2 is 1.79 bits per heavy atom. The number of rotatable bonds is 4. The van der Waals surface area contributed by atoms with Crippen molar-refractivity contribution in [2.45, 2.75) is 6.23 Å². The number of aliphatic hydroxyl groups excluding tert-OH is 1. The summed E-state index contributed by atoms with van der Waals surface area (Å²) in [5.41, 5.74) is 1.16. The fourth-order valence-corrected chi connectivity index (χ4v) is 2.06. The molecule has 0 amide bonds. The Hall–Kier alpha value is -1.29. The number of nitrogens with one attached hydrogen (secondary N) is 1. The highest BCUT2D eigenvalue weighted by Gasteiger charge is 2.13. The van der Waals surface area contributed by atoms with E-state index in [9.17, 15) is 9.50 Å². The van der Waals surface area contributed by atoms with Crippen molar-refractivity contribution in [2.24, 2.45) is 0 Å². The standard InChI is InChI=1S/C14H12Cl2FNO/c15-8-13(19)18-12-7-3-5-10(14(12)17)9-4-1-2-6-11(9)16/h1-7,13,18-19H,8H2. The number of hydrogen-bond acceptors (Lipinski definition) is 2. The number of hydrogen-bond donors (Lipinski definition) is 2. The molecular formula is C14H12Cl2FNO. The number of anilines is 1. The topological polar surface area (TPSA) is 32.3 Å². The second kappa shape index (κ2) is 6.24. The van der Waals surface area contributed by atoms with Gasteiger partial charge in [-0.05, 0) is 12.1 Å². The maximum absolute atomic E-state index is 14.4. The van der Waals surface area contributed by atoms with Crippen molar-refractivity contribution in [3.63, 3.8) is 0 Å². The van der Waals surface area contributed by atoms with Gasteiger partial charge in [-0.3, -0.25) is 0 Å². The fraction of sp³-hybridized carbons (Fsp3) is 0.143. The zero-order valence-electron chi connectivity index (χ0n) is 9.91. The number of halogens is 3. The zero-order chi connectivity index (χ0) is 13.8. The van der Waals surface area contributed by atoms with Crippen LogP contribution in [0.4, 0.5) is 10.1 Å². The highest BCUT2D eigenvalue weighted by Crippen LogP contribution is 2.32. The molecule has 2 rings (SSSR count). The van der Waals surface area contributed by atoms with Crippen LogP contribution in [0, 0.1) is 5.82 Å². The first kappa shape index (κ1) is 14.1. The van der Waals surface area contributed by atoms with Crippen molar-refractivity contribution >= 4 is 28.9 Å². The first-order valence-corrected chi connectivity index (χ1v) is 6.58. The maximum atomic E-state index is 14.4. The number of benzene rings is 2. The molecule has 0 saturated carbocycles. The van der Waals surface area contributed by atoms with Gasteiger partial charge in [0.25, 0.3) is 0 Å². The van der Waals surface area contributed by atoms with Crippen molar-refractivity contribution in [3.05, 3.63) is 53.3 Å². The molecule has 1 atom stereocenters. The van der Waals surface area contributed by atoms with Crippen LogP contribution in [0.2, 0.25) is 5.02 Å². The van der Waals surface area contributed by atoms with Crippen molar-refractivity contribution in [1.82, 2.24) is 0 Å². The van der Waals surface area contributed by atoms with Gasteiger partial charge in [-0.25, -0.2) is 4.39 Å². The molecule has 2 aromatic carbocycles. The van der Waals surface area contributed by atoms with E-state index in [0.717, 1.165) is 0 Å². The molecule has 0 bridgehead atoms. The molecule has 19 heavy (non-hydrogen) atoms. The normalized spacial score (nSPS) is 12.2. The predicted molar refractivity (Wildman–Crippen MR) is 77.2 cm³/mol. The van der Waals surface area contributed by atoms with E-state index in [1.807, 2.05) is 0 Å². The van der Waals surface area contributed by atoms with Crippen LogP contribution in [-0.4, -0.2) is 17.2 Å². The number of aliphatic hydroxyl groups is 1. The van der Waals surface area contributed by atoms with Gasteiger partial charge in [0, 0.05) is 16.1 Å². The Morgan fingerprint density at radius 3 is 2.47 bits per heavy atom. The van der Waals surface area contributed by atoms with Gasteiger partial charge in [0.05, 0.1) is 11.6 Å². The average molecular weight is 300 g/mol. The predicted octanol–water partition coefficient (Wildman–Crippen LogP) is 4.12. The van der Waals surface area contributed by atoms with Crippen LogP contribution < -0.4 is 5.32 Å². The molecule has 0 aliphatic carbocycles. The van der Waals surface area contributed by atoms with Crippen LogP contribution in [0.15, 0.2) is 42.5 Å². The summed E-state index contributed by atoms with van der Waals surface area (Å²) in [5, 5.41) is 12.5. The molecule has 0 aliphatic heterocycles. The first-order chi connectivity index (χ1) is 9.13. The second-order valence-electron chi connectivity index (χ2n) is 3.96. The lowest BCUT2D eigenvalue weighted by Crippen LogP contribution is -2.20. The van der Waals surface area contributed by atoms with Gasteiger partial charge >= 0.3 is 0 Å². The van der Waals surface area contributed by atoms with E-state index in [2.05, 4.69) is 5.32 Å². The third-order valence-corrected chi connectivity index (χ3v) is 3.25. The molecule has 0 heterocycles. The smallest absolute Gasteiger partial charge is 0.154 e. The van der Waals surface area contributed by atoms with E-state index in [4.69, 9.17) is 23.2 Å². The maximum Gasteiger partial charge on any atom is 0.154 e. The van der Waals surface area contributed by atoms with E-state index in [1.165, 1.54) is 6.07 Å². The second-order valence-corrected chi connectivity index (χ2v) is 4.68. The lowest BCUT2D eigenvalue weighted by molar-refractivity contribution is 0.227. The molecule has 2 aromatic rings. The van der Waals surface area contributed by atoms with E-state index in [-0.39, 0.29) is 11.6 Å². The minimum absolute atomic E-state index is 0.0320. The van der Waals surface area contributed by atoms with Gasteiger partial charge < -0.3 is 10.4 Å². The third-order valence-electron chi connectivity index (χ3n) is 2.63.